The number of ether oxygens (including phenoxy) is 1. The van der Waals surface area contributed by atoms with Crippen LogP contribution in [0.3, 0.4) is 0 Å². The summed E-state index contributed by atoms with van der Waals surface area (Å²) in [5.41, 5.74) is -0.422. The first-order valence-corrected chi connectivity index (χ1v) is 8.17. The van der Waals surface area contributed by atoms with Gasteiger partial charge in [-0.1, -0.05) is 19.3 Å². The summed E-state index contributed by atoms with van der Waals surface area (Å²) in [5.74, 6) is 0.638. The van der Waals surface area contributed by atoms with Crippen LogP contribution in [0.15, 0.2) is 0 Å². The summed E-state index contributed by atoms with van der Waals surface area (Å²) in [6.45, 7) is 6.59. The topological polar surface area (TPSA) is 50.4 Å². The number of nitrogens with one attached hydrogen (secondary N) is 2. The molecule has 1 unspecified atom stereocenters. The normalized spacial score (nSPS) is 22.4. The van der Waals surface area contributed by atoms with Gasteiger partial charge >= 0.3 is 6.09 Å². The SMILES string of the molecule is CC(C)(C)OC(=O)NC(CNC1CCCCC1)C1CC1. The van der Waals surface area contributed by atoms with Crippen LogP contribution in [0.5, 0.6) is 0 Å². The molecule has 0 spiro atoms. The highest BCUT2D eigenvalue weighted by Gasteiger charge is 2.33. The fourth-order valence-corrected chi connectivity index (χ4v) is 2.89. The molecule has 2 rings (SSSR count). The van der Waals surface area contributed by atoms with Crippen LogP contribution in [0.1, 0.15) is 65.7 Å². The molecule has 2 N–H and O–H groups in total. The van der Waals surface area contributed by atoms with Crippen molar-refractivity contribution in [1.82, 2.24) is 10.6 Å². The highest BCUT2D eigenvalue weighted by Crippen LogP contribution is 2.32. The first-order valence-electron chi connectivity index (χ1n) is 8.17. The molecule has 0 aliphatic heterocycles. The molecule has 4 nitrogen and oxygen atoms in total. The maximum Gasteiger partial charge on any atom is 0.407 e. The molecule has 0 aromatic heterocycles. The van der Waals surface area contributed by atoms with Crippen molar-refractivity contribution in [2.45, 2.75) is 83.4 Å². The quantitative estimate of drug-likeness (QED) is 0.814. The van der Waals surface area contributed by atoms with Gasteiger partial charge in [0.25, 0.3) is 0 Å². The molecule has 116 valence electrons. The molecular weight excluding hydrogens is 252 g/mol. The van der Waals surface area contributed by atoms with Gasteiger partial charge in [-0.3, -0.25) is 0 Å². The van der Waals surface area contributed by atoms with E-state index < -0.39 is 5.60 Å². The Morgan fingerprint density at radius 2 is 1.80 bits per heavy atom. The molecule has 2 saturated carbocycles. The summed E-state index contributed by atoms with van der Waals surface area (Å²) in [6, 6.07) is 0.872. The van der Waals surface area contributed by atoms with Crippen molar-refractivity contribution in [3.8, 4) is 0 Å². The van der Waals surface area contributed by atoms with E-state index in [0.717, 1.165) is 6.54 Å². The molecule has 1 atom stereocenters. The van der Waals surface area contributed by atoms with Gasteiger partial charge in [0.05, 0.1) is 0 Å². The second-order valence-corrected chi connectivity index (χ2v) is 7.33. The summed E-state index contributed by atoms with van der Waals surface area (Å²) >= 11 is 0. The second-order valence-electron chi connectivity index (χ2n) is 7.33. The lowest BCUT2D eigenvalue weighted by atomic mass is 9.95. The summed E-state index contributed by atoms with van der Waals surface area (Å²) in [5, 5.41) is 6.69. The van der Waals surface area contributed by atoms with Crippen LogP contribution >= 0.6 is 0 Å². The lowest BCUT2D eigenvalue weighted by Gasteiger charge is -2.27. The van der Waals surface area contributed by atoms with E-state index in [1.54, 1.807) is 0 Å². The molecule has 2 aliphatic rings. The van der Waals surface area contributed by atoms with E-state index in [9.17, 15) is 4.79 Å². The van der Waals surface area contributed by atoms with E-state index in [2.05, 4.69) is 10.6 Å². The molecule has 4 heteroatoms. The highest BCUT2D eigenvalue weighted by molar-refractivity contribution is 5.68. The fraction of sp³-hybridized carbons (Fsp3) is 0.938. The number of carbonyl (C=O) groups excluding carboxylic acids is 1. The lowest BCUT2D eigenvalue weighted by molar-refractivity contribution is 0.0496. The fourth-order valence-electron chi connectivity index (χ4n) is 2.89. The van der Waals surface area contributed by atoms with E-state index in [4.69, 9.17) is 4.74 Å². The number of amides is 1. The van der Waals surface area contributed by atoms with Crippen molar-refractivity contribution in [3.05, 3.63) is 0 Å². The number of alkyl carbamates (subject to hydrolysis) is 1. The molecular formula is C16H30N2O2. The molecule has 0 bridgehead atoms. The van der Waals surface area contributed by atoms with Crippen LogP contribution in [0, 0.1) is 5.92 Å². The number of hydrogen-bond acceptors (Lipinski definition) is 3. The van der Waals surface area contributed by atoms with E-state index in [-0.39, 0.29) is 12.1 Å². The molecule has 0 radical (unpaired) electrons. The zero-order valence-corrected chi connectivity index (χ0v) is 13.2. The third-order valence-electron chi connectivity index (χ3n) is 4.12. The average Bonchev–Trinajstić information content (AvgIpc) is 3.17. The second kappa shape index (κ2) is 6.79. The predicted octanol–water partition coefficient (Wildman–Crippen LogP) is 3.21. The maximum atomic E-state index is 11.9. The Morgan fingerprint density at radius 1 is 1.15 bits per heavy atom. The van der Waals surface area contributed by atoms with Crippen LogP contribution in [0.4, 0.5) is 4.79 Å². The van der Waals surface area contributed by atoms with Crippen LogP contribution < -0.4 is 10.6 Å². The summed E-state index contributed by atoms with van der Waals surface area (Å²) in [6.07, 6.45) is 8.80. The summed E-state index contributed by atoms with van der Waals surface area (Å²) < 4.78 is 5.36. The standard InChI is InChI=1S/C16H30N2O2/c1-16(2,3)20-15(19)18-14(12-9-10-12)11-17-13-7-5-4-6-8-13/h12-14,17H,4-11H2,1-3H3,(H,18,19). The Bertz CT molecular complexity index is 315. The Morgan fingerprint density at radius 3 is 2.35 bits per heavy atom. The van der Waals surface area contributed by atoms with Gasteiger partial charge in [-0.05, 0) is 52.4 Å². The first-order chi connectivity index (χ1) is 9.44. The summed E-state index contributed by atoms with van der Waals surface area (Å²) in [4.78, 5) is 11.9. The van der Waals surface area contributed by atoms with Crippen molar-refractivity contribution in [1.29, 1.82) is 0 Å². The Hall–Kier alpha value is -0.770. The minimum absolute atomic E-state index is 0.228. The third kappa shape index (κ3) is 5.70. The van der Waals surface area contributed by atoms with Gasteiger partial charge in [0.1, 0.15) is 5.60 Å². The van der Waals surface area contributed by atoms with Crippen molar-refractivity contribution in [2.75, 3.05) is 6.54 Å². The molecule has 2 fully saturated rings. The minimum atomic E-state index is -0.422. The maximum absolute atomic E-state index is 11.9. The number of rotatable bonds is 5. The molecule has 20 heavy (non-hydrogen) atoms. The number of carbonyl (C=O) groups is 1. The monoisotopic (exact) mass is 282 g/mol. The van der Waals surface area contributed by atoms with E-state index >= 15 is 0 Å². The van der Waals surface area contributed by atoms with Crippen molar-refractivity contribution < 1.29 is 9.53 Å². The Balaban J connectivity index is 1.74. The minimum Gasteiger partial charge on any atom is -0.444 e. The van der Waals surface area contributed by atoms with Crippen LogP contribution in [0.25, 0.3) is 0 Å². The molecule has 0 aromatic rings. The van der Waals surface area contributed by atoms with Crippen LogP contribution in [-0.4, -0.2) is 30.3 Å². The average molecular weight is 282 g/mol. The smallest absolute Gasteiger partial charge is 0.407 e. The molecule has 0 saturated heterocycles. The number of hydrogen-bond donors (Lipinski definition) is 2. The van der Waals surface area contributed by atoms with Crippen molar-refractivity contribution in [3.63, 3.8) is 0 Å². The van der Waals surface area contributed by atoms with Crippen LogP contribution in [0.2, 0.25) is 0 Å². The van der Waals surface area contributed by atoms with Crippen molar-refractivity contribution >= 4 is 6.09 Å². The highest BCUT2D eigenvalue weighted by atomic mass is 16.6. The zero-order valence-electron chi connectivity index (χ0n) is 13.2. The summed E-state index contributed by atoms with van der Waals surface area (Å²) in [7, 11) is 0. The predicted molar refractivity (Wildman–Crippen MR) is 80.8 cm³/mol. The van der Waals surface area contributed by atoms with Crippen molar-refractivity contribution in [2.24, 2.45) is 5.92 Å². The van der Waals surface area contributed by atoms with E-state index in [0.29, 0.717) is 12.0 Å². The molecule has 2 aliphatic carbocycles. The van der Waals surface area contributed by atoms with Gasteiger partial charge in [0, 0.05) is 18.6 Å². The van der Waals surface area contributed by atoms with E-state index in [1.807, 2.05) is 20.8 Å². The van der Waals surface area contributed by atoms with Gasteiger partial charge in [-0.2, -0.15) is 0 Å². The molecule has 0 aromatic carbocycles. The largest absolute Gasteiger partial charge is 0.444 e. The Kier molecular flexibility index (Phi) is 5.30. The van der Waals surface area contributed by atoms with E-state index in [1.165, 1.54) is 44.9 Å². The molecule has 1 amide bonds. The van der Waals surface area contributed by atoms with Gasteiger partial charge < -0.3 is 15.4 Å². The van der Waals surface area contributed by atoms with Gasteiger partial charge in [-0.15, -0.1) is 0 Å². The first kappa shape index (κ1) is 15.6. The lowest BCUT2D eigenvalue weighted by Crippen LogP contribution is -2.47. The van der Waals surface area contributed by atoms with Gasteiger partial charge in [0.2, 0.25) is 0 Å². The van der Waals surface area contributed by atoms with Crippen LogP contribution in [-0.2, 0) is 4.74 Å². The Labute approximate surface area is 123 Å². The third-order valence-corrected chi connectivity index (χ3v) is 4.12. The van der Waals surface area contributed by atoms with Gasteiger partial charge in [0.15, 0.2) is 0 Å². The molecule has 0 heterocycles. The van der Waals surface area contributed by atoms with Gasteiger partial charge in [-0.25, -0.2) is 4.79 Å². The zero-order chi connectivity index (χ0) is 14.6.